The predicted octanol–water partition coefficient (Wildman–Crippen LogP) is 7.43. The maximum atomic E-state index is 13.5. The number of alkyl halides is 3. The lowest BCUT2D eigenvalue weighted by Crippen LogP contribution is -2.42. The van der Waals surface area contributed by atoms with Crippen molar-refractivity contribution >= 4 is 50.3 Å². The van der Waals surface area contributed by atoms with E-state index in [-0.39, 0.29) is 34.3 Å². The number of carbonyl (C=O) groups excluding carboxylic acids is 1. The highest BCUT2D eigenvalue weighted by molar-refractivity contribution is 9.10. The molecule has 0 saturated carbocycles. The lowest BCUT2D eigenvalue weighted by atomic mass is 9.69. The van der Waals surface area contributed by atoms with Gasteiger partial charge in [-0.1, -0.05) is 25.4 Å². The highest BCUT2D eigenvalue weighted by Crippen LogP contribution is 2.52. The summed E-state index contributed by atoms with van der Waals surface area (Å²) < 4.78 is 41.4. The highest BCUT2D eigenvalue weighted by atomic mass is 79.9. The zero-order valence-corrected chi connectivity index (χ0v) is 21.6. The molecule has 0 spiro atoms. The van der Waals surface area contributed by atoms with Crippen LogP contribution in [0.1, 0.15) is 47.9 Å². The Labute approximate surface area is 212 Å². The third kappa shape index (κ3) is 4.16. The first-order valence-corrected chi connectivity index (χ1v) is 12.3. The van der Waals surface area contributed by atoms with Gasteiger partial charge in [-0.25, -0.2) is 0 Å². The van der Waals surface area contributed by atoms with Gasteiger partial charge in [-0.2, -0.15) is 18.4 Å². The number of rotatable bonds is 2. The smallest absolute Gasteiger partial charge is 0.384 e. The molecule has 2 aliphatic rings. The van der Waals surface area contributed by atoms with Crippen molar-refractivity contribution in [1.29, 1.82) is 5.26 Å². The zero-order valence-electron chi connectivity index (χ0n) is 18.5. The van der Waals surface area contributed by atoms with Crippen molar-refractivity contribution in [3.63, 3.8) is 0 Å². The molecule has 4 nitrogen and oxygen atoms in total. The molecule has 4 rings (SSSR count). The van der Waals surface area contributed by atoms with Crippen LogP contribution in [0, 0.1) is 23.7 Å². The van der Waals surface area contributed by atoms with Gasteiger partial charge in [0.1, 0.15) is 5.82 Å². The average molecular weight is 571 g/mol. The van der Waals surface area contributed by atoms with E-state index in [2.05, 4.69) is 22.0 Å². The molecule has 1 aromatic heterocycles. The second-order valence-electron chi connectivity index (χ2n) is 9.20. The largest absolute Gasteiger partial charge is 0.416 e. The number of allylic oxidation sites excluding steroid dienone is 3. The average Bonchev–Trinajstić information content (AvgIpc) is 3.04. The van der Waals surface area contributed by atoms with Crippen molar-refractivity contribution in [3.8, 4) is 6.07 Å². The Hall–Kier alpha value is -2.28. The number of aryl methyl sites for hydroxylation is 1. The van der Waals surface area contributed by atoms with Crippen LogP contribution in [0.3, 0.4) is 0 Å². The molecule has 1 aliphatic carbocycles. The minimum absolute atomic E-state index is 0.0123. The maximum Gasteiger partial charge on any atom is 0.416 e. The Kier molecular flexibility index (Phi) is 6.16. The molecule has 1 aromatic carbocycles. The summed E-state index contributed by atoms with van der Waals surface area (Å²) in [5.41, 5.74) is 6.09. The molecule has 2 aromatic rings. The van der Waals surface area contributed by atoms with Crippen LogP contribution in [-0.4, -0.2) is 5.78 Å². The molecule has 178 valence electrons. The van der Waals surface area contributed by atoms with Gasteiger partial charge in [-0.3, -0.25) is 9.69 Å². The number of hydrogen-bond acceptors (Lipinski definition) is 5. The van der Waals surface area contributed by atoms with E-state index in [1.54, 1.807) is 0 Å². The van der Waals surface area contributed by atoms with Crippen LogP contribution >= 0.6 is 38.9 Å². The third-order valence-electron chi connectivity index (χ3n) is 6.06. The number of nitrogens with zero attached hydrogens (tertiary/aromatic N) is 2. The van der Waals surface area contributed by atoms with Crippen LogP contribution in [0.2, 0.25) is 5.02 Å². The second kappa shape index (κ2) is 8.43. The van der Waals surface area contributed by atoms with Gasteiger partial charge in [-0.05, 0) is 59.0 Å². The van der Waals surface area contributed by atoms with E-state index in [0.717, 1.165) is 32.4 Å². The number of nitriles is 1. The Morgan fingerprint density at radius 2 is 1.97 bits per heavy atom. The molecule has 10 heteroatoms. The summed E-state index contributed by atoms with van der Waals surface area (Å²) in [6.07, 6.45) is -3.98. The Morgan fingerprint density at radius 3 is 2.53 bits per heavy atom. The molecule has 34 heavy (non-hydrogen) atoms. The summed E-state index contributed by atoms with van der Waals surface area (Å²) in [6, 6.07) is 6.94. The Balaban J connectivity index is 2.03. The van der Waals surface area contributed by atoms with Crippen molar-refractivity contribution in [3.05, 3.63) is 71.7 Å². The summed E-state index contributed by atoms with van der Waals surface area (Å²) in [6.45, 7) is 5.75. The van der Waals surface area contributed by atoms with E-state index < -0.39 is 23.1 Å². The summed E-state index contributed by atoms with van der Waals surface area (Å²) >= 11 is 11.3. The molecule has 0 amide bonds. The minimum atomic E-state index is -4.60. The SMILES string of the molecule is Cc1sc(C2C(C#N)=C(N)N(c3cc(C(F)(F)F)ccc3Cl)C3=C2C(=O)CC(C)(C)C3)cc1Br. The summed E-state index contributed by atoms with van der Waals surface area (Å²) in [4.78, 5) is 16.6. The van der Waals surface area contributed by atoms with Crippen LogP contribution in [0.5, 0.6) is 0 Å². The van der Waals surface area contributed by atoms with Crippen LogP contribution in [-0.2, 0) is 11.0 Å². The van der Waals surface area contributed by atoms with Gasteiger partial charge in [0.2, 0.25) is 0 Å². The molecule has 1 aliphatic heterocycles. The van der Waals surface area contributed by atoms with Gasteiger partial charge in [-0.15, -0.1) is 11.3 Å². The van der Waals surface area contributed by atoms with E-state index in [1.165, 1.54) is 16.2 Å². The minimum Gasteiger partial charge on any atom is -0.384 e. The number of carbonyl (C=O) groups is 1. The Bertz CT molecular complexity index is 1300. The molecule has 0 bridgehead atoms. The maximum absolute atomic E-state index is 13.5. The second-order valence-corrected chi connectivity index (χ2v) is 11.7. The predicted molar refractivity (Wildman–Crippen MR) is 130 cm³/mol. The lowest BCUT2D eigenvalue weighted by molar-refractivity contribution is -0.137. The normalized spacial score (nSPS) is 20.5. The molecule has 0 radical (unpaired) electrons. The number of anilines is 1. The van der Waals surface area contributed by atoms with E-state index in [4.69, 9.17) is 17.3 Å². The number of benzene rings is 1. The number of nitrogens with two attached hydrogens (primary N) is 1. The van der Waals surface area contributed by atoms with Crippen molar-refractivity contribution in [2.75, 3.05) is 4.90 Å². The standard InChI is InChI=1S/C24H20BrClF3N3OS/c1-11-14(25)7-19(34-11)20-13(10-30)22(31)32(17-8-23(2,3)9-18(33)21(17)20)16-6-12(24(27,28)29)4-5-15(16)26/h4-7,20H,8-9,31H2,1-3H3. The molecule has 0 saturated heterocycles. The van der Waals surface area contributed by atoms with Gasteiger partial charge in [0.15, 0.2) is 5.78 Å². The van der Waals surface area contributed by atoms with Gasteiger partial charge >= 0.3 is 6.18 Å². The third-order valence-corrected chi connectivity index (χ3v) is 8.58. The topological polar surface area (TPSA) is 70.1 Å². The van der Waals surface area contributed by atoms with E-state index in [1.807, 2.05) is 26.8 Å². The molecule has 0 fully saturated rings. The number of Topliss-reactive ketones (excluding diaryl/α,β-unsaturated/α-hetero) is 1. The summed E-state index contributed by atoms with van der Waals surface area (Å²) in [5, 5.41) is 10.1. The quantitative estimate of drug-likeness (QED) is 0.408. The monoisotopic (exact) mass is 569 g/mol. The van der Waals surface area contributed by atoms with Crippen molar-refractivity contribution < 1.29 is 18.0 Å². The lowest BCUT2D eigenvalue weighted by Gasteiger charge is -2.43. The fourth-order valence-electron chi connectivity index (χ4n) is 4.55. The van der Waals surface area contributed by atoms with Crippen LogP contribution in [0.15, 0.2) is 51.4 Å². The molecular weight excluding hydrogens is 551 g/mol. The summed E-state index contributed by atoms with van der Waals surface area (Å²) in [5.74, 6) is -0.883. The van der Waals surface area contributed by atoms with Gasteiger partial charge < -0.3 is 5.73 Å². The van der Waals surface area contributed by atoms with Crippen molar-refractivity contribution in [1.82, 2.24) is 0 Å². The molecule has 2 heterocycles. The number of halogens is 5. The molecule has 1 unspecified atom stereocenters. The fourth-order valence-corrected chi connectivity index (χ4v) is 6.44. The Morgan fingerprint density at radius 1 is 1.29 bits per heavy atom. The van der Waals surface area contributed by atoms with E-state index in [0.29, 0.717) is 17.7 Å². The first-order valence-electron chi connectivity index (χ1n) is 10.3. The van der Waals surface area contributed by atoms with Gasteiger partial charge in [0.25, 0.3) is 0 Å². The van der Waals surface area contributed by atoms with Crippen LogP contribution in [0.25, 0.3) is 0 Å². The van der Waals surface area contributed by atoms with E-state index in [9.17, 15) is 23.2 Å². The van der Waals surface area contributed by atoms with Crippen LogP contribution < -0.4 is 10.6 Å². The number of ketones is 1. The van der Waals surface area contributed by atoms with E-state index >= 15 is 0 Å². The fraction of sp³-hybridized carbons (Fsp3) is 0.333. The van der Waals surface area contributed by atoms with Crippen molar-refractivity contribution in [2.45, 2.75) is 45.7 Å². The van der Waals surface area contributed by atoms with Crippen molar-refractivity contribution in [2.24, 2.45) is 11.1 Å². The summed E-state index contributed by atoms with van der Waals surface area (Å²) in [7, 11) is 0. The first-order chi connectivity index (χ1) is 15.7. The number of thiophene rings is 1. The molecule has 2 N–H and O–H groups in total. The molecule has 1 atom stereocenters. The van der Waals surface area contributed by atoms with Crippen LogP contribution in [0.4, 0.5) is 18.9 Å². The highest BCUT2D eigenvalue weighted by Gasteiger charge is 2.46. The van der Waals surface area contributed by atoms with Gasteiger partial charge in [0.05, 0.1) is 33.8 Å². The zero-order chi connectivity index (χ0) is 25.2. The molecular formula is C24H20BrClF3N3OS. The first kappa shape index (κ1) is 24.8. The van der Waals surface area contributed by atoms with Gasteiger partial charge in [0, 0.05) is 31.9 Å². The number of hydrogen-bond donors (Lipinski definition) is 1.